The highest BCUT2D eigenvalue weighted by Gasteiger charge is 2.24. The third-order valence-electron chi connectivity index (χ3n) is 2.83. The molecule has 0 saturated carbocycles. The van der Waals surface area contributed by atoms with Crippen molar-refractivity contribution in [3.8, 4) is 0 Å². The minimum Gasteiger partial charge on any atom is -0.481 e. The molecule has 1 heterocycles. The van der Waals surface area contributed by atoms with Crippen molar-refractivity contribution in [3.05, 3.63) is 0 Å². The van der Waals surface area contributed by atoms with Crippen LogP contribution in [0.25, 0.3) is 0 Å². The number of carboxylic acids is 1. The fourth-order valence-electron chi connectivity index (χ4n) is 1.94. The number of aliphatic carboxylic acids is 1. The maximum absolute atomic E-state index is 10.9. The van der Waals surface area contributed by atoms with Gasteiger partial charge in [0.25, 0.3) is 0 Å². The SMILES string of the molecule is CCCCC(CC1CCCO1)C(=O)O. The molecule has 1 N–H and O–H groups in total. The van der Waals surface area contributed by atoms with Crippen LogP contribution in [0, 0.1) is 5.92 Å². The largest absolute Gasteiger partial charge is 0.481 e. The van der Waals surface area contributed by atoms with E-state index in [2.05, 4.69) is 6.92 Å². The van der Waals surface area contributed by atoms with Gasteiger partial charge in [0.15, 0.2) is 0 Å². The van der Waals surface area contributed by atoms with E-state index in [-0.39, 0.29) is 12.0 Å². The second-order valence-electron chi connectivity index (χ2n) is 4.05. The van der Waals surface area contributed by atoms with Gasteiger partial charge < -0.3 is 9.84 Å². The minimum absolute atomic E-state index is 0.196. The molecule has 2 atom stereocenters. The number of hydrogen-bond acceptors (Lipinski definition) is 2. The zero-order chi connectivity index (χ0) is 10.4. The maximum Gasteiger partial charge on any atom is 0.306 e. The Morgan fingerprint density at radius 2 is 2.43 bits per heavy atom. The van der Waals surface area contributed by atoms with Crippen LogP contribution in [-0.4, -0.2) is 23.8 Å². The Hall–Kier alpha value is -0.570. The van der Waals surface area contributed by atoms with E-state index in [0.29, 0.717) is 6.42 Å². The van der Waals surface area contributed by atoms with E-state index < -0.39 is 5.97 Å². The molecular formula is C11H20O3. The normalized spacial score (nSPS) is 23.6. The summed E-state index contributed by atoms with van der Waals surface area (Å²) in [4.78, 5) is 10.9. The van der Waals surface area contributed by atoms with Gasteiger partial charge >= 0.3 is 5.97 Å². The molecule has 0 radical (unpaired) electrons. The molecule has 0 aromatic rings. The number of carbonyl (C=O) groups is 1. The van der Waals surface area contributed by atoms with Crippen LogP contribution in [0.3, 0.4) is 0 Å². The van der Waals surface area contributed by atoms with Crippen LogP contribution in [0.4, 0.5) is 0 Å². The van der Waals surface area contributed by atoms with Crippen molar-refractivity contribution in [2.45, 2.75) is 51.6 Å². The summed E-state index contributed by atoms with van der Waals surface area (Å²) in [5.74, 6) is -0.855. The molecule has 0 aromatic carbocycles. The summed E-state index contributed by atoms with van der Waals surface area (Å²) in [6, 6.07) is 0. The summed E-state index contributed by atoms with van der Waals surface area (Å²) < 4.78 is 5.45. The van der Waals surface area contributed by atoms with Gasteiger partial charge in [-0.15, -0.1) is 0 Å². The Balaban J connectivity index is 2.30. The molecule has 0 aromatic heterocycles. The quantitative estimate of drug-likeness (QED) is 0.716. The first kappa shape index (κ1) is 11.5. The zero-order valence-electron chi connectivity index (χ0n) is 8.87. The fraction of sp³-hybridized carbons (Fsp3) is 0.909. The Morgan fingerprint density at radius 1 is 1.64 bits per heavy atom. The Kier molecular flexibility index (Phi) is 4.94. The highest BCUT2D eigenvalue weighted by Crippen LogP contribution is 2.23. The first-order valence-electron chi connectivity index (χ1n) is 5.58. The van der Waals surface area contributed by atoms with Crippen LogP contribution in [0.2, 0.25) is 0 Å². The van der Waals surface area contributed by atoms with E-state index in [9.17, 15) is 4.79 Å². The van der Waals surface area contributed by atoms with Gasteiger partial charge in [-0.25, -0.2) is 0 Å². The van der Waals surface area contributed by atoms with Gasteiger partial charge in [0.05, 0.1) is 12.0 Å². The Bertz CT molecular complexity index is 173. The van der Waals surface area contributed by atoms with Crippen LogP contribution in [-0.2, 0) is 9.53 Å². The van der Waals surface area contributed by atoms with Crippen molar-refractivity contribution in [2.75, 3.05) is 6.61 Å². The molecule has 0 amide bonds. The molecule has 14 heavy (non-hydrogen) atoms. The van der Waals surface area contributed by atoms with Crippen LogP contribution in [0.15, 0.2) is 0 Å². The summed E-state index contributed by atoms with van der Waals surface area (Å²) >= 11 is 0. The first-order valence-corrected chi connectivity index (χ1v) is 5.58. The maximum atomic E-state index is 10.9. The number of rotatable bonds is 6. The lowest BCUT2D eigenvalue weighted by Crippen LogP contribution is -2.20. The summed E-state index contributed by atoms with van der Waals surface area (Å²) in [5, 5.41) is 9.00. The number of ether oxygens (including phenoxy) is 1. The lowest BCUT2D eigenvalue weighted by atomic mass is 9.95. The summed E-state index contributed by atoms with van der Waals surface area (Å²) in [6.45, 7) is 2.90. The van der Waals surface area contributed by atoms with Gasteiger partial charge in [-0.1, -0.05) is 19.8 Å². The monoisotopic (exact) mass is 200 g/mol. The van der Waals surface area contributed by atoms with E-state index in [1.54, 1.807) is 0 Å². The van der Waals surface area contributed by atoms with Gasteiger partial charge in [0, 0.05) is 6.61 Å². The van der Waals surface area contributed by atoms with Crippen LogP contribution >= 0.6 is 0 Å². The third-order valence-corrected chi connectivity index (χ3v) is 2.83. The number of unbranched alkanes of at least 4 members (excludes halogenated alkanes) is 1. The number of carboxylic acid groups (broad SMARTS) is 1. The van der Waals surface area contributed by atoms with Gasteiger partial charge in [-0.2, -0.15) is 0 Å². The van der Waals surface area contributed by atoms with Crippen molar-refractivity contribution < 1.29 is 14.6 Å². The topological polar surface area (TPSA) is 46.5 Å². The second-order valence-corrected chi connectivity index (χ2v) is 4.05. The average Bonchev–Trinajstić information content (AvgIpc) is 2.64. The van der Waals surface area contributed by atoms with Crippen molar-refractivity contribution in [2.24, 2.45) is 5.92 Å². The van der Waals surface area contributed by atoms with Crippen LogP contribution < -0.4 is 0 Å². The van der Waals surface area contributed by atoms with Gasteiger partial charge in [-0.3, -0.25) is 4.79 Å². The first-order chi connectivity index (χ1) is 6.74. The molecule has 0 spiro atoms. The van der Waals surface area contributed by atoms with E-state index in [4.69, 9.17) is 9.84 Å². The molecule has 0 bridgehead atoms. The van der Waals surface area contributed by atoms with E-state index in [0.717, 1.165) is 38.7 Å². The molecule has 1 saturated heterocycles. The van der Waals surface area contributed by atoms with Crippen molar-refractivity contribution in [1.29, 1.82) is 0 Å². The van der Waals surface area contributed by atoms with Gasteiger partial charge in [-0.05, 0) is 25.7 Å². The Morgan fingerprint density at radius 3 is 2.93 bits per heavy atom. The van der Waals surface area contributed by atoms with Crippen molar-refractivity contribution >= 4 is 5.97 Å². The van der Waals surface area contributed by atoms with Gasteiger partial charge in [0.2, 0.25) is 0 Å². The highest BCUT2D eigenvalue weighted by atomic mass is 16.5. The molecule has 3 heteroatoms. The molecule has 82 valence electrons. The number of hydrogen-bond donors (Lipinski definition) is 1. The minimum atomic E-state index is -0.658. The molecule has 3 nitrogen and oxygen atoms in total. The van der Waals surface area contributed by atoms with Crippen molar-refractivity contribution in [3.63, 3.8) is 0 Å². The molecule has 1 fully saturated rings. The standard InChI is InChI=1S/C11H20O3/c1-2-3-5-9(11(12)13)8-10-6-4-7-14-10/h9-10H,2-8H2,1H3,(H,12,13). The van der Waals surface area contributed by atoms with Crippen LogP contribution in [0.1, 0.15) is 45.4 Å². The average molecular weight is 200 g/mol. The van der Waals surface area contributed by atoms with Crippen molar-refractivity contribution in [1.82, 2.24) is 0 Å². The van der Waals surface area contributed by atoms with E-state index in [1.807, 2.05) is 0 Å². The smallest absolute Gasteiger partial charge is 0.306 e. The predicted molar refractivity (Wildman–Crippen MR) is 54.2 cm³/mol. The van der Waals surface area contributed by atoms with E-state index >= 15 is 0 Å². The highest BCUT2D eigenvalue weighted by molar-refractivity contribution is 5.69. The molecule has 1 rings (SSSR count). The van der Waals surface area contributed by atoms with E-state index in [1.165, 1.54) is 0 Å². The molecule has 2 unspecified atom stereocenters. The van der Waals surface area contributed by atoms with Gasteiger partial charge in [0.1, 0.15) is 0 Å². The molecular weight excluding hydrogens is 180 g/mol. The Labute approximate surface area is 85.5 Å². The third kappa shape index (κ3) is 3.66. The second kappa shape index (κ2) is 6.02. The molecule has 1 aliphatic heterocycles. The fourth-order valence-corrected chi connectivity index (χ4v) is 1.94. The molecule has 1 aliphatic rings. The van der Waals surface area contributed by atoms with Crippen LogP contribution in [0.5, 0.6) is 0 Å². The lowest BCUT2D eigenvalue weighted by Gasteiger charge is -2.15. The lowest BCUT2D eigenvalue weighted by molar-refractivity contribution is -0.143. The summed E-state index contributed by atoms with van der Waals surface area (Å²) in [5.41, 5.74) is 0. The zero-order valence-corrected chi connectivity index (χ0v) is 8.87. The predicted octanol–water partition coefficient (Wildman–Crippen LogP) is 2.45. The summed E-state index contributed by atoms with van der Waals surface area (Å²) in [7, 11) is 0. The molecule has 0 aliphatic carbocycles. The summed E-state index contributed by atoms with van der Waals surface area (Å²) in [6.07, 6.45) is 5.90.